The van der Waals surface area contributed by atoms with Gasteiger partial charge in [-0.3, -0.25) is 4.79 Å². The van der Waals surface area contributed by atoms with Gasteiger partial charge in [-0.2, -0.15) is 0 Å². The molecule has 3 amide bonds. The van der Waals surface area contributed by atoms with Crippen molar-refractivity contribution in [2.75, 3.05) is 40.3 Å². The summed E-state index contributed by atoms with van der Waals surface area (Å²) in [6.07, 6.45) is 3.03. The minimum absolute atomic E-state index is 0.0222. The van der Waals surface area contributed by atoms with Gasteiger partial charge in [-0.15, -0.1) is 0 Å². The number of rotatable bonds is 4. The summed E-state index contributed by atoms with van der Waals surface area (Å²) in [5.74, 6) is 0.671. The van der Waals surface area contributed by atoms with Crippen LogP contribution in [-0.4, -0.2) is 68.1 Å². The topological polar surface area (TPSA) is 64.7 Å². The van der Waals surface area contributed by atoms with E-state index in [0.29, 0.717) is 24.3 Å². The molecule has 0 aromatic heterocycles. The normalized spacial score (nSPS) is 30.8. The number of hydrogen-bond acceptors (Lipinski definition) is 3. The summed E-state index contributed by atoms with van der Waals surface area (Å²) in [5, 5.41) is 6.02. The smallest absolute Gasteiger partial charge is 0.317 e. The van der Waals surface area contributed by atoms with Gasteiger partial charge in [0.05, 0.1) is 6.04 Å². The van der Waals surface area contributed by atoms with Crippen molar-refractivity contribution in [3.63, 3.8) is 0 Å². The van der Waals surface area contributed by atoms with E-state index >= 15 is 0 Å². The van der Waals surface area contributed by atoms with E-state index in [-0.39, 0.29) is 23.4 Å². The number of likely N-dealkylation sites (tertiary alicyclic amines) is 1. The van der Waals surface area contributed by atoms with Crippen LogP contribution in [0.5, 0.6) is 0 Å². The summed E-state index contributed by atoms with van der Waals surface area (Å²) < 4.78 is 0. The Hall–Kier alpha value is -1.30. The van der Waals surface area contributed by atoms with Crippen molar-refractivity contribution >= 4 is 11.9 Å². The van der Waals surface area contributed by atoms with Crippen molar-refractivity contribution in [2.24, 2.45) is 16.7 Å². The van der Waals surface area contributed by atoms with Crippen molar-refractivity contribution in [3.05, 3.63) is 0 Å². The highest BCUT2D eigenvalue weighted by Gasteiger charge is 2.55. The Morgan fingerprint density at radius 2 is 2.09 bits per heavy atom. The van der Waals surface area contributed by atoms with Crippen LogP contribution in [0, 0.1) is 16.7 Å². The van der Waals surface area contributed by atoms with Crippen LogP contribution in [0.2, 0.25) is 0 Å². The van der Waals surface area contributed by atoms with Gasteiger partial charge in [0.1, 0.15) is 0 Å². The minimum Gasteiger partial charge on any atom is -0.351 e. The minimum atomic E-state index is -0.0967. The van der Waals surface area contributed by atoms with Crippen LogP contribution >= 0.6 is 0 Å². The molecule has 2 unspecified atom stereocenters. The second kappa shape index (κ2) is 5.65. The number of carbonyl (C=O) groups is 2. The molecular weight excluding hydrogens is 292 g/mol. The number of nitrogens with zero attached hydrogens (tertiary/aromatic N) is 2. The fourth-order valence-electron chi connectivity index (χ4n) is 4.21. The first-order valence-corrected chi connectivity index (χ1v) is 8.69. The summed E-state index contributed by atoms with van der Waals surface area (Å²) in [7, 11) is 4.20. The van der Waals surface area contributed by atoms with E-state index in [1.54, 1.807) is 0 Å². The average Bonchev–Trinajstić information content (AvgIpc) is 3.04. The van der Waals surface area contributed by atoms with Gasteiger partial charge in [0.2, 0.25) is 5.91 Å². The largest absolute Gasteiger partial charge is 0.351 e. The van der Waals surface area contributed by atoms with Gasteiger partial charge in [0.15, 0.2) is 0 Å². The standard InChI is InChI=1S/C17H30N4O2/c1-16(2)7-14(22)19-13(16)8-18-15(23)21-10-12(9-20(3)4)17(11-21)5-6-17/h12-13H,5-11H2,1-4H3,(H,18,23)(H,19,22). The SMILES string of the molecule is CN(C)CC1CN(C(=O)NCC2NC(=O)CC2(C)C)CC12CC2. The first-order chi connectivity index (χ1) is 10.7. The van der Waals surface area contributed by atoms with Crippen LogP contribution < -0.4 is 10.6 Å². The van der Waals surface area contributed by atoms with E-state index in [2.05, 4.69) is 43.5 Å². The summed E-state index contributed by atoms with van der Waals surface area (Å²) >= 11 is 0. The zero-order valence-corrected chi connectivity index (χ0v) is 14.8. The molecule has 3 aliphatic rings. The second-order valence-electron chi connectivity index (χ2n) is 8.67. The second-order valence-corrected chi connectivity index (χ2v) is 8.67. The molecule has 1 spiro atoms. The lowest BCUT2D eigenvalue weighted by Gasteiger charge is -2.27. The van der Waals surface area contributed by atoms with Gasteiger partial charge in [-0.05, 0) is 43.7 Å². The van der Waals surface area contributed by atoms with Crippen molar-refractivity contribution in [3.8, 4) is 0 Å². The van der Waals surface area contributed by atoms with Crippen molar-refractivity contribution in [1.82, 2.24) is 20.4 Å². The number of carbonyl (C=O) groups excluding carboxylic acids is 2. The number of hydrogen-bond donors (Lipinski definition) is 2. The summed E-state index contributed by atoms with van der Waals surface area (Å²) in [6.45, 7) is 7.45. The third-order valence-electron chi connectivity index (χ3n) is 5.93. The maximum Gasteiger partial charge on any atom is 0.317 e. The van der Waals surface area contributed by atoms with Crippen LogP contribution in [0.15, 0.2) is 0 Å². The molecule has 3 rings (SSSR count). The van der Waals surface area contributed by atoms with Crippen LogP contribution in [0.4, 0.5) is 4.79 Å². The van der Waals surface area contributed by atoms with Gasteiger partial charge < -0.3 is 20.4 Å². The van der Waals surface area contributed by atoms with Crippen LogP contribution in [-0.2, 0) is 4.79 Å². The first-order valence-electron chi connectivity index (χ1n) is 8.69. The Balaban J connectivity index is 1.53. The molecule has 1 saturated carbocycles. The molecule has 3 fully saturated rings. The van der Waals surface area contributed by atoms with Gasteiger partial charge >= 0.3 is 6.03 Å². The molecule has 0 aromatic carbocycles. The lowest BCUT2D eigenvalue weighted by molar-refractivity contribution is -0.119. The average molecular weight is 322 g/mol. The molecule has 2 N–H and O–H groups in total. The van der Waals surface area contributed by atoms with E-state index in [1.807, 2.05) is 4.90 Å². The predicted octanol–water partition coefficient (Wildman–Crippen LogP) is 0.884. The highest BCUT2D eigenvalue weighted by Crippen LogP contribution is 2.56. The molecule has 0 radical (unpaired) electrons. The van der Waals surface area contributed by atoms with E-state index in [4.69, 9.17) is 0 Å². The Morgan fingerprint density at radius 3 is 2.61 bits per heavy atom. The number of nitrogens with one attached hydrogen (secondary N) is 2. The van der Waals surface area contributed by atoms with Gasteiger partial charge in [-0.1, -0.05) is 13.8 Å². The Bertz CT molecular complexity index is 499. The van der Waals surface area contributed by atoms with Crippen LogP contribution in [0.1, 0.15) is 33.1 Å². The van der Waals surface area contributed by atoms with Crippen molar-refractivity contribution in [1.29, 1.82) is 0 Å². The van der Waals surface area contributed by atoms with Gasteiger partial charge in [0, 0.05) is 32.6 Å². The molecule has 0 aromatic rings. The molecule has 6 nitrogen and oxygen atoms in total. The fourth-order valence-corrected chi connectivity index (χ4v) is 4.21. The number of urea groups is 1. The number of amides is 3. The predicted molar refractivity (Wildman–Crippen MR) is 89.0 cm³/mol. The van der Waals surface area contributed by atoms with Gasteiger partial charge in [-0.25, -0.2) is 4.79 Å². The summed E-state index contributed by atoms with van der Waals surface area (Å²) in [4.78, 5) is 28.3. The zero-order valence-electron chi connectivity index (χ0n) is 14.8. The molecule has 0 bridgehead atoms. The Kier molecular flexibility index (Phi) is 4.07. The third kappa shape index (κ3) is 3.32. The highest BCUT2D eigenvalue weighted by molar-refractivity contribution is 5.80. The lowest BCUT2D eigenvalue weighted by atomic mass is 9.85. The molecule has 2 atom stereocenters. The molecule has 2 heterocycles. The summed E-state index contributed by atoms with van der Waals surface area (Å²) in [6, 6.07) is 0.0449. The first kappa shape index (κ1) is 16.6. The van der Waals surface area contributed by atoms with Crippen molar-refractivity contribution < 1.29 is 9.59 Å². The maximum atomic E-state index is 12.5. The molecule has 1 aliphatic carbocycles. The molecule has 130 valence electrons. The van der Waals surface area contributed by atoms with Crippen LogP contribution in [0.3, 0.4) is 0 Å². The lowest BCUT2D eigenvalue weighted by Crippen LogP contribution is -2.48. The quantitative estimate of drug-likeness (QED) is 0.808. The van der Waals surface area contributed by atoms with Gasteiger partial charge in [0.25, 0.3) is 0 Å². The molecule has 6 heteroatoms. The fraction of sp³-hybridized carbons (Fsp3) is 0.882. The van der Waals surface area contributed by atoms with E-state index in [0.717, 1.165) is 19.6 Å². The van der Waals surface area contributed by atoms with Crippen LogP contribution in [0.25, 0.3) is 0 Å². The van der Waals surface area contributed by atoms with Crippen molar-refractivity contribution in [2.45, 2.75) is 39.2 Å². The monoisotopic (exact) mass is 322 g/mol. The summed E-state index contributed by atoms with van der Waals surface area (Å²) in [5.41, 5.74) is 0.281. The highest BCUT2D eigenvalue weighted by atomic mass is 16.2. The zero-order chi connectivity index (χ0) is 16.8. The maximum absolute atomic E-state index is 12.5. The third-order valence-corrected chi connectivity index (χ3v) is 5.93. The molecular formula is C17H30N4O2. The Morgan fingerprint density at radius 1 is 1.39 bits per heavy atom. The van der Waals surface area contributed by atoms with E-state index in [9.17, 15) is 9.59 Å². The molecule has 23 heavy (non-hydrogen) atoms. The van der Waals surface area contributed by atoms with E-state index in [1.165, 1.54) is 12.8 Å². The molecule has 2 aliphatic heterocycles. The van der Waals surface area contributed by atoms with E-state index < -0.39 is 0 Å². The Labute approximate surface area is 139 Å². The molecule has 2 saturated heterocycles.